The van der Waals surface area contributed by atoms with Gasteiger partial charge in [-0.05, 0) is 43.6 Å². The predicted molar refractivity (Wildman–Crippen MR) is 112 cm³/mol. The van der Waals surface area contributed by atoms with E-state index in [2.05, 4.69) is 43.4 Å². The van der Waals surface area contributed by atoms with E-state index in [-0.39, 0.29) is 11.9 Å². The van der Waals surface area contributed by atoms with Gasteiger partial charge in [0.1, 0.15) is 0 Å². The van der Waals surface area contributed by atoms with Crippen molar-refractivity contribution in [2.24, 2.45) is 0 Å². The monoisotopic (exact) mass is 439 g/mol. The molecule has 1 fully saturated rings. The number of rotatable bonds is 6. The molecule has 2 aromatic carbocycles. The minimum Gasteiger partial charge on any atom is -0.355 e. The molecule has 2 heterocycles. The summed E-state index contributed by atoms with van der Waals surface area (Å²) in [5, 5.41) is 6.99. The molecule has 1 atom stereocenters. The number of hydrogen-bond donors (Lipinski definition) is 1. The molecule has 144 valence electrons. The highest BCUT2D eigenvalue weighted by Gasteiger charge is 2.24. The molecule has 1 aromatic heterocycles. The first-order chi connectivity index (χ1) is 13.7. The van der Waals surface area contributed by atoms with Crippen LogP contribution in [0.1, 0.15) is 34.9 Å². The maximum absolute atomic E-state index is 12.6. The first-order valence-electron chi connectivity index (χ1n) is 9.50. The molecule has 0 bridgehead atoms. The molecule has 3 aromatic rings. The van der Waals surface area contributed by atoms with Gasteiger partial charge in [0.25, 0.3) is 5.91 Å². The van der Waals surface area contributed by atoms with Crippen LogP contribution in [0.4, 0.5) is 0 Å². The summed E-state index contributed by atoms with van der Waals surface area (Å²) in [5.74, 6) is 0.365. The fourth-order valence-electron chi connectivity index (χ4n) is 3.60. The fourth-order valence-corrected chi connectivity index (χ4v) is 3.86. The van der Waals surface area contributed by atoms with Crippen LogP contribution in [-0.4, -0.2) is 35.6 Å². The lowest BCUT2D eigenvalue weighted by Crippen LogP contribution is -2.36. The fraction of sp³-hybridized carbons (Fsp3) is 0.273. The standard InChI is InChI=1S/C22H22BrN3O2/c23-18-10-8-17(9-11-18)21-14-19(25-28-21)22(27)24-15-20(26-12-4-5-13-26)16-6-2-1-3-7-16/h1-3,6-11,14,20H,4-5,12-13,15H2,(H,24,27)/t20-/m0/s1. The van der Waals surface area contributed by atoms with Gasteiger partial charge in [0.2, 0.25) is 0 Å². The maximum Gasteiger partial charge on any atom is 0.273 e. The molecule has 28 heavy (non-hydrogen) atoms. The lowest BCUT2D eigenvalue weighted by molar-refractivity contribution is 0.0929. The smallest absolute Gasteiger partial charge is 0.273 e. The zero-order valence-corrected chi connectivity index (χ0v) is 17.1. The lowest BCUT2D eigenvalue weighted by Gasteiger charge is -2.28. The summed E-state index contributed by atoms with van der Waals surface area (Å²) in [4.78, 5) is 15.1. The SMILES string of the molecule is O=C(NC[C@@H](c1ccccc1)N1CCCC1)c1cc(-c2ccc(Br)cc2)on1. The number of nitrogens with zero attached hydrogens (tertiary/aromatic N) is 2. The largest absolute Gasteiger partial charge is 0.355 e. The molecule has 5 nitrogen and oxygen atoms in total. The van der Waals surface area contributed by atoms with Gasteiger partial charge in [-0.15, -0.1) is 0 Å². The second-order valence-electron chi connectivity index (χ2n) is 6.96. The number of hydrogen-bond acceptors (Lipinski definition) is 4. The van der Waals surface area contributed by atoms with Crippen LogP contribution in [-0.2, 0) is 0 Å². The zero-order chi connectivity index (χ0) is 19.3. The Morgan fingerprint density at radius 3 is 2.54 bits per heavy atom. The minimum absolute atomic E-state index is 0.172. The number of halogens is 1. The first kappa shape index (κ1) is 18.9. The van der Waals surface area contributed by atoms with Crippen molar-refractivity contribution in [3.8, 4) is 11.3 Å². The Labute approximate surface area is 172 Å². The van der Waals surface area contributed by atoms with E-state index in [1.165, 1.54) is 18.4 Å². The van der Waals surface area contributed by atoms with E-state index in [9.17, 15) is 4.79 Å². The van der Waals surface area contributed by atoms with Gasteiger partial charge in [0.15, 0.2) is 11.5 Å². The van der Waals surface area contributed by atoms with Crippen LogP contribution in [0, 0.1) is 0 Å². The topological polar surface area (TPSA) is 58.4 Å². The molecule has 0 spiro atoms. The van der Waals surface area contributed by atoms with E-state index in [1.807, 2.05) is 42.5 Å². The molecule has 1 N–H and O–H groups in total. The molecule has 0 aliphatic carbocycles. The third-order valence-corrected chi connectivity index (χ3v) is 5.62. The van der Waals surface area contributed by atoms with Crippen molar-refractivity contribution in [2.75, 3.05) is 19.6 Å². The van der Waals surface area contributed by atoms with Crippen molar-refractivity contribution in [1.29, 1.82) is 0 Å². The maximum atomic E-state index is 12.6. The number of nitrogens with one attached hydrogen (secondary N) is 1. The van der Waals surface area contributed by atoms with Crippen LogP contribution in [0.3, 0.4) is 0 Å². The van der Waals surface area contributed by atoms with E-state index in [1.54, 1.807) is 6.07 Å². The van der Waals surface area contributed by atoms with Gasteiger partial charge in [0.05, 0.1) is 6.04 Å². The summed E-state index contributed by atoms with van der Waals surface area (Å²) in [5.41, 5.74) is 2.40. The molecule has 4 rings (SSSR count). The van der Waals surface area contributed by atoms with Gasteiger partial charge in [0, 0.05) is 22.6 Å². The number of likely N-dealkylation sites (tertiary alicyclic amines) is 1. The van der Waals surface area contributed by atoms with Gasteiger partial charge in [-0.1, -0.05) is 63.6 Å². The highest BCUT2D eigenvalue weighted by molar-refractivity contribution is 9.10. The van der Waals surface area contributed by atoms with Crippen LogP contribution in [0.15, 0.2) is 69.7 Å². The van der Waals surface area contributed by atoms with Gasteiger partial charge in [-0.25, -0.2) is 0 Å². The molecular formula is C22H22BrN3O2. The summed E-state index contributed by atoms with van der Waals surface area (Å²) in [6.45, 7) is 2.67. The Hall–Kier alpha value is -2.44. The van der Waals surface area contributed by atoms with Crippen LogP contribution < -0.4 is 5.32 Å². The van der Waals surface area contributed by atoms with E-state index < -0.39 is 0 Å². The number of amides is 1. The summed E-state index contributed by atoms with van der Waals surface area (Å²) in [6.07, 6.45) is 2.41. The molecule has 1 aliphatic rings. The highest BCUT2D eigenvalue weighted by Crippen LogP contribution is 2.25. The van der Waals surface area contributed by atoms with Gasteiger partial charge in [-0.2, -0.15) is 0 Å². The summed E-state index contributed by atoms with van der Waals surface area (Å²) in [7, 11) is 0. The Kier molecular flexibility index (Phi) is 5.88. The van der Waals surface area contributed by atoms with Gasteiger partial charge < -0.3 is 9.84 Å². The lowest BCUT2D eigenvalue weighted by atomic mass is 10.1. The second-order valence-corrected chi connectivity index (χ2v) is 7.88. The average Bonchev–Trinajstić information content (AvgIpc) is 3.42. The number of carbonyl (C=O) groups is 1. The third kappa shape index (κ3) is 4.34. The Morgan fingerprint density at radius 2 is 1.82 bits per heavy atom. The summed E-state index contributed by atoms with van der Waals surface area (Å²) in [6, 6.07) is 19.9. The predicted octanol–water partition coefficient (Wildman–Crippen LogP) is 4.67. The number of aromatic nitrogens is 1. The summed E-state index contributed by atoms with van der Waals surface area (Å²) < 4.78 is 6.35. The van der Waals surface area contributed by atoms with Gasteiger partial charge >= 0.3 is 0 Å². The quantitative estimate of drug-likeness (QED) is 0.605. The van der Waals surface area contributed by atoms with E-state index in [0.29, 0.717) is 18.0 Å². The normalized spacial score (nSPS) is 15.5. The van der Waals surface area contributed by atoms with Gasteiger partial charge in [-0.3, -0.25) is 9.69 Å². The third-order valence-electron chi connectivity index (χ3n) is 5.09. The zero-order valence-electron chi connectivity index (χ0n) is 15.5. The Balaban J connectivity index is 1.44. The van der Waals surface area contributed by atoms with Crippen molar-refractivity contribution in [3.05, 3.63) is 76.4 Å². The van der Waals surface area contributed by atoms with Crippen molar-refractivity contribution < 1.29 is 9.32 Å². The highest BCUT2D eigenvalue weighted by atomic mass is 79.9. The second kappa shape index (κ2) is 8.71. The van der Waals surface area contributed by atoms with Crippen molar-refractivity contribution in [2.45, 2.75) is 18.9 Å². The average molecular weight is 440 g/mol. The minimum atomic E-state index is -0.216. The Bertz CT molecular complexity index is 918. The molecule has 0 unspecified atom stereocenters. The van der Waals surface area contributed by atoms with E-state index in [0.717, 1.165) is 23.1 Å². The molecule has 0 saturated carbocycles. The first-order valence-corrected chi connectivity index (χ1v) is 10.3. The molecule has 1 amide bonds. The van der Waals surface area contributed by atoms with E-state index in [4.69, 9.17) is 4.52 Å². The molecule has 1 saturated heterocycles. The molecular weight excluding hydrogens is 418 g/mol. The van der Waals surface area contributed by atoms with Crippen LogP contribution >= 0.6 is 15.9 Å². The van der Waals surface area contributed by atoms with Crippen LogP contribution in [0.25, 0.3) is 11.3 Å². The number of carbonyl (C=O) groups excluding carboxylic acids is 1. The summed E-state index contributed by atoms with van der Waals surface area (Å²) >= 11 is 3.41. The van der Waals surface area contributed by atoms with Crippen LogP contribution in [0.5, 0.6) is 0 Å². The Morgan fingerprint density at radius 1 is 1.11 bits per heavy atom. The van der Waals surface area contributed by atoms with Crippen molar-refractivity contribution >= 4 is 21.8 Å². The van der Waals surface area contributed by atoms with Crippen LogP contribution in [0.2, 0.25) is 0 Å². The number of benzene rings is 2. The molecule has 6 heteroatoms. The van der Waals surface area contributed by atoms with Crippen molar-refractivity contribution in [3.63, 3.8) is 0 Å². The molecule has 0 radical (unpaired) electrons. The van der Waals surface area contributed by atoms with E-state index >= 15 is 0 Å². The van der Waals surface area contributed by atoms with Crippen molar-refractivity contribution in [1.82, 2.24) is 15.4 Å². The molecule has 1 aliphatic heterocycles.